The molecule has 78 valence electrons. The Bertz CT molecular complexity index is 536. The van der Waals surface area contributed by atoms with E-state index in [1.807, 2.05) is 0 Å². The lowest BCUT2D eigenvalue weighted by Crippen LogP contribution is -2.01. The molecule has 0 bridgehead atoms. The molecule has 4 nitrogen and oxygen atoms in total. The minimum absolute atomic E-state index is 0.0991. The van der Waals surface area contributed by atoms with Gasteiger partial charge in [-0.3, -0.25) is 4.79 Å². The lowest BCUT2D eigenvalue weighted by Gasteiger charge is -1.91. The number of halogens is 2. The molecule has 0 saturated heterocycles. The predicted octanol–water partition coefficient (Wildman–Crippen LogP) is 1.47. The number of aliphatic carboxylic acids is 1. The molecule has 1 aromatic heterocycles. The first-order valence-electron chi connectivity index (χ1n) is 4.12. The van der Waals surface area contributed by atoms with Crippen molar-refractivity contribution in [1.29, 1.82) is 0 Å². The van der Waals surface area contributed by atoms with Crippen LogP contribution in [0.25, 0.3) is 11.0 Å². The number of carboxylic acids is 1. The van der Waals surface area contributed by atoms with Crippen LogP contribution in [0.15, 0.2) is 12.1 Å². The van der Waals surface area contributed by atoms with Gasteiger partial charge in [-0.2, -0.15) is 0 Å². The Balaban J connectivity index is 2.56. The summed E-state index contributed by atoms with van der Waals surface area (Å²) in [5.41, 5.74) is 0.108. The zero-order valence-corrected chi connectivity index (χ0v) is 7.42. The van der Waals surface area contributed by atoms with Gasteiger partial charge in [-0.1, -0.05) is 0 Å². The van der Waals surface area contributed by atoms with E-state index in [0.29, 0.717) is 0 Å². The molecular formula is C9H6F2N2O2. The summed E-state index contributed by atoms with van der Waals surface area (Å²) in [6.07, 6.45) is -0.351. The molecule has 0 saturated carbocycles. The maximum absolute atomic E-state index is 13.1. The van der Waals surface area contributed by atoms with Crippen LogP contribution in [0.5, 0.6) is 0 Å². The minimum atomic E-state index is -1.09. The van der Waals surface area contributed by atoms with Gasteiger partial charge in [-0.15, -0.1) is 0 Å². The van der Waals surface area contributed by atoms with E-state index in [4.69, 9.17) is 5.11 Å². The van der Waals surface area contributed by atoms with Crippen molar-refractivity contribution in [3.8, 4) is 0 Å². The Hall–Kier alpha value is -1.98. The van der Waals surface area contributed by atoms with Crippen molar-refractivity contribution < 1.29 is 18.7 Å². The second-order valence-electron chi connectivity index (χ2n) is 3.01. The smallest absolute Gasteiger partial charge is 0.311 e. The molecule has 0 fully saturated rings. The van der Waals surface area contributed by atoms with Crippen molar-refractivity contribution in [3.05, 3.63) is 29.6 Å². The highest BCUT2D eigenvalue weighted by Crippen LogP contribution is 2.18. The van der Waals surface area contributed by atoms with Crippen LogP contribution in [-0.2, 0) is 11.2 Å². The van der Waals surface area contributed by atoms with Crippen molar-refractivity contribution in [3.63, 3.8) is 0 Å². The highest BCUT2D eigenvalue weighted by Gasteiger charge is 2.12. The van der Waals surface area contributed by atoms with Crippen LogP contribution in [0, 0.1) is 11.6 Å². The second kappa shape index (κ2) is 3.30. The van der Waals surface area contributed by atoms with Gasteiger partial charge in [0.2, 0.25) is 0 Å². The first-order chi connectivity index (χ1) is 7.08. The number of carboxylic acid groups (broad SMARTS) is 1. The highest BCUT2D eigenvalue weighted by molar-refractivity contribution is 5.77. The predicted molar refractivity (Wildman–Crippen MR) is 47.3 cm³/mol. The molecule has 0 spiro atoms. The summed E-state index contributed by atoms with van der Waals surface area (Å²) >= 11 is 0. The van der Waals surface area contributed by atoms with Crippen LogP contribution in [0.1, 0.15) is 5.82 Å². The van der Waals surface area contributed by atoms with E-state index in [9.17, 15) is 13.6 Å². The number of aromatic nitrogens is 2. The largest absolute Gasteiger partial charge is 0.481 e. The van der Waals surface area contributed by atoms with E-state index in [0.717, 1.165) is 6.07 Å². The van der Waals surface area contributed by atoms with Gasteiger partial charge >= 0.3 is 5.97 Å². The summed E-state index contributed by atoms with van der Waals surface area (Å²) in [5, 5.41) is 8.49. The number of fused-ring (bicyclic) bond motifs is 1. The Morgan fingerprint density at radius 2 is 2.20 bits per heavy atom. The zero-order chi connectivity index (χ0) is 11.0. The van der Waals surface area contributed by atoms with Crippen LogP contribution in [-0.4, -0.2) is 21.0 Å². The van der Waals surface area contributed by atoms with Crippen molar-refractivity contribution in [2.75, 3.05) is 0 Å². The van der Waals surface area contributed by atoms with Crippen LogP contribution in [0.4, 0.5) is 8.78 Å². The zero-order valence-electron chi connectivity index (χ0n) is 7.42. The quantitative estimate of drug-likeness (QED) is 0.792. The maximum Gasteiger partial charge on any atom is 0.311 e. The van der Waals surface area contributed by atoms with E-state index in [1.165, 1.54) is 6.07 Å². The van der Waals surface area contributed by atoms with Gasteiger partial charge in [-0.05, 0) is 12.1 Å². The summed E-state index contributed by atoms with van der Waals surface area (Å²) < 4.78 is 25.9. The Labute approximate surface area is 82.6 Å². The van der Waals surface area contributed by atoms with E-state index >= 15 is 0 Å². The number of aromatic amines is 1. The normalized spacial score (nSPS) is 10.8. The molecule has 0 atom stereocenters. The summed E-state index contributed by atoms with van der Waals surface area (Å²) in [6.45, 7) is 0. The first kappa shape index (κ1) is 9.57. The van der Waals surface area contributed by atoms with Gasteiger partial charge < -0.3 is 10.1 Å². The first-order valence-corrected chi connectivity index (χ1v) is 4.12. The molecule has 0 amide bonds. The molecule has 0 aliphatic heterocycles. The Morgan fingerprint density at radius 3 is 2.87 bits per heavy atom. The minimum Gasteiger partial charge on any atom is -0.481 e. The average Bonchev–Trinajstić information content (AvgIpc) is 2.54. The van der Waals surface area contributed by atoms with Crippen molar-refractivity contribution >= 4 is 17.0 Å². The number of imidazole rings is 1. The van der Waals surface area contributed by atoms with E-state index in [2.05, 4.69) is 9.97 Å². The molecule has 15 heavy (non-hydrogen) atoms. The molecule has 1 heterocycles. The van der Waals surface area contributed by atoms with Crippen molar-refractivity contribution in [2.24, 2.45) is 0 Å². The van der Waals surface area contributed by atoms with Gasteiger partial charge in [0.05, 0.1) is 5.52 Å². The fourth-order valence-corrected chi connectivity index (χ4v) is 1.30. The van der Waals surface area contributed by atoms with Gasteiger partial charge in [0.1, 0.15) is 17.8 Å². The van der Waals surface area contributed by atoms with Gasteiger partial charge in [-0.25, -0.2) is 13.8 Å². The third kappa shape index (κ3) is 1.65. The number of nitrogens with zero attached hydrogens (tertiary/aromatic N) is 1. The SMILES string of the molecule is O=C(O)Cc1nc2c(F)c(F)ccc2[nH]1. The highest BCUT2D eigenvalue weighted by atomic mass is 19.2. The molecular weight excluding hydrogens is 206 g/mol. The number of hydrogen-bond donors (Lipinski definition) is 2. The Kier molecular flexibility index (Phi) is 2.11. The number of rotatable bonds is 2. The molecule has 6 heteroatoms. The van der Waals surface area contributed by atoms with E-state index in [1.54, 1.807) is 0 Å². The topological polar surface area (TPSA) is 66.0 Å². The van der Waals surface area contributed by atoms with Gasteiger partial charge in [0.25, 0.3) is 0 Å². The maximum atomic E-state index is 13.1. The molecule has 0 unspecified atom stereocenters. The standard InChI is InChI=1S/C9H6F2N2O2/c10-4-1-2-5-9(8(4)11)13-6(12-5)3-7(14)15/h1-2H,3H2,(H,12,13)(H,14,15). The van der Waals surface area contributed by atoms with Crippen LogP contribution in [0.3, 0.4) is 0 Å². The molecule has 0 aliphatic carbocycles. The van der Waals surface area contributed by atoms with Crippen LogP contribution < -0.4 is 0 Å². The fourth-order valence-electron chi connectivity index (χ4n) is 1.30. The number of benzene rings is 1. The molecule has 0 aliphatic rings. The summed E-state index contributed by atoms with van der Waals surface area (Å²) in [5.74, 6) is -3.06. The van der Waals surface area contributed by atoms with E-state index in [-0.39, 0.29) is 23.3 Å². The van der Waals surface area contributed by atoms with E-state index < -0.39 is 17.6 Å². The molecule has 2 N–H and O–H groups in total. The monoisotopic (exact) mass is 212 g/mol. The lowest BCUT2D eigenvalue weighted by atomic mass is 10.3. The number of nitrogens with one attached hydrogen (secondary N) is 1. The third-order valence-electron chi connectivity index (χ3n) is 1.91. The molecule has 0 radical (unpaired) electrons. The van der Waals surface area contributed by atoms with Crippen LogP contribution in [0.2, 0.25) is 0 Å². The molecule has 2 aromatic rings. The summed E-state index contributed by atoms with van der Waals surface area (Å²) in [6, 6.07) is 2.27. The number of hydrogen-bond acceptors (Lipinski definition) is 2. The Morgan fingerprint density at radius 1 is 1.47 bits per heavy atom. The summed E-state index contributed by atoms with van der Waals surface area (Å²) in [4.78, 5) is 16.6. The molecule has 2 rings (SSSR count). The number of carbonyl (C=O) groups is 1. The third-order valence-corrected chi connectivity index (χ3v) is 1.91. The average molecular weight is 212 g/mol. The lowest BCUT2D eigenvalue weighted by molar-refractivity contribution is -0.136. The van der Waals surface area contributed by atoms with Gasteiger partial charge in [0, 0.05) is 0 Å². The van der Waals surface area contributed by atoms with Crippen LogP contribution >= 0.6 is 0 Å². The van der Waals surface area contributed by atoms with Gasteiger partial charge in [0.15, 0.2) is 11.6 Å². The number of H-pyrrole nitrogens is 1. The summed E-state index contributed by atoms with van der Waals surface area (Å²) in [7, 11) is 0. The second-order valence-corrected chi connectivity index (χ2v) is 3.01. The van der Waals surface area contributed by atoms with Crippen molar-refractivity contribution in [2.45, 2.75) is 6.42 Å². The van der Waals surface area contributed by atoms with Crippen molar-refractivity contribution in [1.82, 2.24) is 9.97 Å². The fraction of sp³-hybridized carbons (Fsp3) is 0.111. The molecule has 1 aromatic carbocycles.